The van der Waals surface area contributed by atoms with Crippen LogP contribution < -0.4 is 0 Å². The zero-order chi connectivity index (χ0) is 6.97. The quantitative estimate of drug-likeness (QED) is 0.523. The van der Waals surface area contributed by atoms with E-state index in [0.29, 0.717) is 0 Å². The summed E-state index contributed by atoms with van der Waals surface area (Å²) in [5, 5.41) is 1.29. The Morgan fingerprint density at radius 1 is 1.18 bits per heavy atom. The second kappa shape index (κ2) is 3.70. The van der Waals surface area contributed by atoms with E-state index in [9.17, 15) is 0 Å². The Morgan fingerprint density at radius 3 is 2.64 bits per heavy atom. The number of hydrogen-bond acceptors (Lipinski definition) is 2. The molecule has 1 aromatic carbocycles. The van der Waals surface area contributed by atoms with Gasteiger partial charge in [0.1, 0.15) is 0 Å². The average molecular weight is 232 g/mol. The molecule has 0 aliphatic carbocycles. The van der Waals surface area contributed by atoms with Crippen molar-refractivity contribution < 1.29 is 19.5 Å². The molecule has 0 atom stereocenters. The molecule has 0 aliphatic rings. The molecule has 0 saturated heterocycles. The number of benzene rings is 1. The van der Waals surface area contributed by atoms with Crippen LogP contribution in [0.4, 0.5) is 0 Å². The van der Waals surface area contributed by atoms with E-state index < -0.39 is 0 Å². The third-order valence-corrected chi connectivity index (χ3v) is 2.73. The summed E-state index contributed by atoms with van der Waals surface area (Å²) in [5.74, 6) is 0. The normalized spacial score (nSPS) is 9.55. The Bertz CT molecular complexity index is 321. The first-order valence-electron chi connectivity index (χ1n) is 3.04. The van der Waals surface area contributed by atoms with Gasteiger partial charge in [0, 0.05) is 4.70 Å². The van der Waals surface area contributed by atoms with E-state index in [0.717, 1.165) is 4.21 Å². The van der Waals surface area contributed by atoms with E-state index in [1.807, 2.05) is 12.1 Å². The van der Waals surface area contributed by atoms with Gasteiger partial charge in [-0.05, 0) is 17.5 Å². The van der Waals surface area contributed by atoms with Crippen molar-refractivity contribution in [1.82, 2.24) is 0 Å². The first-order chi connectivity index (χ1) is 4.86. The summed E-state index contributed by atoms with van der Waals surface area (Å²) in [6.45, 7) is 0. The number of fused-ring (bicyclic) bond motifs is 1. The summed E-state index contributed by atoms with van der Waals surface area (Å²) in [4.78, 5) is 0. The fraction of sp³-hybridized carbons (Fsp3) is 0. The van der Waals surface area contributed by atoms with Crippen molar-refractivity contribution in [2.24, 2.45) is 0 Å². The van der Waals surface area contributed by atoms with Crippen LogP contribution in [0.3, 0.4) is 0 Å². The predicted octanol–water partition coefficient (Wildman–Crippen LogP) is 3.19. The Kier molecular flexibility index (Phi) is 3.11. The fourth-order valence-corrected chi connectivity index (χ4v) is 2.20. The van der Waals surface area contributed by atoms with Gasteiger partial charge in [-0.25, -0.2) is 0 Å². The van der Waals surface area contributed by atoms with Gasteiger partial charge in [-0.1, -0.05) is 18.2 Å². The molecule has 0 nitrogen and oxygen atoms in total. The van der Waals surface area contributed by atoms with E-state index in [4.69, 9.17) is 0 Å². The van der Waals surface area contributed by atoms with Crippen molar-refractivity contribution >= 4 is 34.1 Å². The minimum atomic E-state index is 0. The number of thiol groups is 1. The Balaban J connectivity index is 0.000000605. The van der Waals surface area contributed by atoms with Gasteiger partial charge in [0.05, 0.1) is 4.21 Å². The average Bonchev–Trinajstić information content (AvgIpc) is 2.27. The monoisotopic (exact) mass is 230 g/mol. The molecular weight excluding hydrogens is 226 g/mol. The number of hydrogen-bond donors (Lipinski definition) is 1. The molecule has 2 aromatic rings. The van der Waals surface area contributed by atoms with Gasteiger partial charge in [-0.2, -0.15) is 0 Å². The SMILES string of the molecule is Sc1cc2ccccc2s1.[Zn+2]. The Hall–Kier alpha value is 0.153. The molecular formula is C8H6S2Zn+2. The van der Waals surface area contributed by atoms with Crippen LogP contribution in [0.5, 0.6) is 0 Å². The van der Waals surface area contributed by atoms with Gasteiger partial charge in [0.2, 0.25) is 0 Å². The molecule has 1 aromatic heterocycles. The molecule has 2 rings (SSSR count). The molecule has 0 saturated carbocycles. The van der Waals surface area contributed by atoms with E-state index in [2.05, 4.69) is 30.8 Å². The first kappa shape index (κ1) is 9.24. The van der Waals surface area contributed by atoms with E-state index in [1.54, 1.807) is 11.3 Å². The van der Waals surface area contributed by atoms with E-state index >= 15 is 0 Å². The van der Waals surface area contributed by atoms with Crippen LogP contribution in [-0.2, 0) is 19.5 Å². The summed E-state index contributed by atoms with van der Waals surface area (Å²) in [6, 6.07) is 10.4. The molecule has 0 bridgehead atoms. The smallest absolute Gasteiger partial charge is 0.133 e. The van der Waals surface area contributed by atoms with E-state index in [1.165, 1.54) is 10.1 Å². The molecule has 50 valence electrons. The Labute approximate surface area is 87.8 Å². The molecule has 0 amide bonds. The summed E-state index contributed by atoms with van der Waals surface area (Å²) in [7, 11) is 0. The maximum Gasteiger partial charge on any atom is 2.00 e. The molecule has 0 radical (unpaired) electrons. The summed E-state index contributed by atoms with van der Waals surface area (Å²) < 4.78 is 2.40. The molecule has 3 heteroatoms. The van der Waals surface area contributed by atoms with Crippen molar-refractivity contribution in [3.8, 4) is 0 Å². The maximum atomic E-state index is 4.26. The van der Waals surface area contributed by atoms with Gasteiger partial charge < -0.3 is 0 Å². The third-order valence-electron chi connectivity index (χ3n) is 1.41. The standard InChI is InChI=1S/C8H6S2.Zn/c9-8-5-6-3-1-2-4-7(6)10-8;/h1-5,9H;/q;+2. The summed E-state index contributed by atoms with van der Waals surface area (Å²) >= 11 is 5.98. The van der Waals surface area contributed by atoms with Gasteiger partial charge in [0.25, 0.3) is 0 Å². The zero-order valence-corrected chi connectivity index (χ0v) is 10.6. The molecule has 0 unspecified atom stereocenters. The Morgan fingerprint density at radius 2 is 1.91 bits per heavy atom. The van der Waals surface area contributed by atoms with Gasteiger partial charge in [-0.3, -0.25) is 0 Å². The molecule has 0 spiro atoms. The minimum absolute atomic E-state index is 0. The van der Waals surface area contributed by atoms with Gasteiger partial charge in [-0.15, -0.1) is 24.0 Å². The zero-order valence-electron chi connectivity index (χ0n) is 5.95. The predicted molar refractivity (Wildman–Crippen MR) is 49.1 cm³/mol. The topological polar surface area (TPSA) is 0 Å². The van der Waals surface area contributed by atoms with Crippen molar-refractivity contribution in [2.75, 3.05) is 0 Å². The minimum Gasteiger partial charge on any atom is -0.133 e. The van der Waals surface area contributed by atoms with Crippen molar-refractivity contribution in [3.05, 3.63) is 30.3 Å². The molecule has 0 aliphatic heterocycles. The largest absolute Gasteiger partial charge is 2.00 e. The van der Waals surface area contributed by atoms with Crippen molar-refractivity contribution in [1.29, 1.82) is 0 Å². The van der Waals surface area contributed by atoms with Crippen LogP contribution in [0.25, 0.3) is 10.1 Å². The molecule has 0 N–H and O–H groups in total. The van der Waals surface area contributed by atoms with Crippen molar-refractivity contribution in [3.63, 3.8) is 0 Å². The van der Waals surface area contributed by atoms with Gasteiger partial charge in [0.15, 0.2) is 0 Å². The fourth-order valence-electron chi connectivity index (χ4n) is 0.968. The van der Waals surface area contributed by atoms with Crippen molar-refractivity contribution in [2.45, 2.75) is 4.21 Å². The second-order valence-electron chi connectivity index (χ2n) is 2.12. The number of thiophene rings is 1. The first-order valence-corrected chi connectivity index (χ1v) is 4.30. The summed E-state index contributed by atoms with van der Waals surface area (Å²) in [5.41, 5.74) is 0. The molecule has 0 fully saturated rings. The van der Waals surface area contributed by atoms with E-state index in [-0.39, 0.29) is 19.5 Å². The second-order valence-corrected chi connectivity index (χ2v) is 3.99. The van der Waals surface area contributed by atoms with Crippen LogP contribution in [0.2, 0.25) is 0 Å². The third kappa shape index (κ3) is 1.84. The van der Waals surface area contributed by atoms with Crippen LogP contribution in [-0.4, -0.2) is 0 Å². The molecule has 11 heavy (non-hydrogen) atoms. The van der Waals surface area contributed by atoms with Gasteiger partial charge >= 0.3 is 19.5 Å². The maximum absolute atomic E-state index is 4.26. The number of rotatable bonds is 0. The summed E-state index contributed by atoms with van der Waals surface area (Å²) in [6.07, 6.45) is 0. The van der Waals surface area contributed by atoms with Crippen LogP contribution in [0, 0.1) is 0 Å². The van der Waals surface area contributed by atoms with Crippen LogP contribution in [0.15, 0.2) is 34.5 Å². The van der Waals surface area contributed by atoms with Crippen LogP contribution >= 0.6 is 24.0 Å². The van der Waals surface area contributed by atoms with Crippen LogP contribution in [0.1, 0.15) is 0 Å². The molecule has 1 heterocycles.